The first-order valence-corrected chi connectivity index (χ1v) is 6.74. The molecule has 2 rings (SSSR count). The molecule has 0 bridgehead atoms. The number of nitrogens with zero attached hydrogens (tertiary/aromatic N) is 1. The number of hydrogen-bond acceptors (Lipinski definition) is 3. The Kier molecular flexibility index (Phi) is 3.88. The van der Waals surface area contributed by atoms with E-state index in [0.717, 1.165) is 25.6 Å². The molecule has 1 saturated carbocycles. The number of nitrogens with two attached hydrogens (primary N) is 1. The van der Waals surface area contributed by atoms with Gasteiger partial charge in [0.15, 0.2) is 0 Å². The van der Waals surface area contributed by atoms with E-state index in [1.54, 1.807) is 0 Å². The molecule has 1 aliphatic carbocycles. The van der Waals surface area contributed by atoms with Crippen molar-refractivity contribution in [3.8, 4) is 0 Å². The lowest BCUT2D eigenvalue weighted by Gasteiger charge is -2.37. The standard InChI is InChI=1S/C13H26N2O/c1-3-16-12-5-4-8-15(9-12)10-13(2,14)11-6-7-11/h11-12H,3-10,14H2,1-2H3. The van der Waals surface area contributed by atoms with Gasteiger partial charge in [-0.25, -0.2) is 0 Å². The Morgan fingerprint density at radius 3 is 2.75 bits per heavy atom. The van der Waals surface area contributed by atoms with Crippen LogP contribution in [0.1, 0.15) is 39.5 Å². The maximum Gasteiger partial charge on any atom is 0.0702 e. The highest BCUT2D eigenvalue weighted by atomic mass is 16.5. The van der Waals surface area contributed by atoms with Crippen molar-refractivity contribution in [1.29, 1.82) is 0 Å². The van der Waals surface area contributed by atoms with Gasteiger partial charge in [0.25, 0.3) is 0 Å². The van der Waals surface area contributed by atoms with Crippen LogP contribution in [0.15, 0.2) is 0 Å². The Bertz CT molecular complexity index is 224. The van der Waals surface area contributed by atoms with Gasteiger partial charge in [-0.3, -0.25) is 4.90 Å². The molecular formula is C13H26N2O. The van der Waals surface area contributed by atoms with E-state index in [-0.39, 0.29) is 5.54 Å². The van der Waals surface area contributed by atoms with E-state index < -0.39 is 0 Å². The summed E-state index contributed by atoms with van der Waals surface area (Å²) in [6.45, 7) is 8.45. The van der Waals surface area contributed by atoms with Crippen molar-refractivity contribution < 1.29 is 4.74 Å². The van der Waals surface area contributed by atoms with Crippen LogP contribution in [0, 0.1) is 5.92 Å². The van der Waals surface area contributed by atoms with E-state index >= 15 is 0 Å². The fourth-order valence-corrected chi connectivity index (χ4v) is 2.88. The Balaban J connectivity index is 1.80. The lowest BCUT2D eigenvalue weighted by atomic mass is 9.95. The van der Waals surface area contributed by atoms with Gasteiger partial charge in [0.1, 0.15) is 0 Å². The second-order valence-corrected chi connectivity index (χ2v) is 5.73. The van der Waals surface area contributed by atoms with Crippen LogP contribution in [0.3, 0.4) is 0 Å². The molecule has 0 aromatic heterocycles. The quantitative estimate of drug-likeness (QED) is 0.774. The molecule has 2 aliphatic rings. The van der Waals surface area contributed by atoms with Crippen LogP contribution in [-0.2, 0) is 4.74 Å². The second-order valence-electron chi connectivity index (χ2n) is 5.73. The molecule has 3 nitrogen and oxygen atoms in total. The van der Waals surface area contributed by atoms with Crippen molar-refractivity contribution in [3.05, 3.63) is 0 Å². The van der Waals surface area contributed by atoms with Gasteiger partial charge < -0.3 is 10.5 Å². The molecule has 0 spiro atoms. The molecule has 3 heteroatoms. The van der Waals surface area contributed by atoms with Crippen molar-refractivity contribution in [2.45, 2.75) is 51.2 Å². The summed E-state index contributed by atoms with van der Waals surface area (Å²) >= 11 is 0. The number of rotatable bonds is 5. The van der Waals surface area contributed by atoms with Gasteiger partial charge in [0, 0.05) is 25.2 Å². The highest BCUT2D eigenvalue weighted by Gasteiger charge is 2.40. The molecule has 2 fully saturated rings. The number of likely N-dealkylation sites (tertiary alicyclic amines) is 1. The van der Waals surface area contributed by atoms with Gasteiger partial charge in [-0.2, -0.15) is 0 Å². The summed E-state index contributed by atoms with van der Waals surface area (Å²) in [6.07, 6.45) is 5.57. The molecule has 2 N–H and O–H groups in total. The maximum atomic E-state index is 6.39. The highest BCUT2D eigenvalue weighted by molar-refractivity contribution is 4.97. The van der Waals surface area contributed by atoms with Crippen molar-refractivity contribution in [1.82, 2.24) is 4.90 Å². The number of ether oxygens (including phenoxy) is 1. The molecule has 1 heterocycles. The summed E-state index contributed by atoms with van der Waals surface area (Å²) in [7, 11) is 0. The summed E-state index contributed by atoms with van der Waals surface area (Å²) in [6, 6.07) is 0. The molecule has 0 aromatic carbocycles. The highest BCUT2D eigenvalue weighted by Crippen LogP contribution is 2.38. The summed E-state index contributed by atoms with van der Waals surface area (Å²) in [5, 5.41) is 0. The van der Waals surface area contributed by atoms with Gasteiger partial charge in [-0.1, -0.05) is 0 Å². The first-order valence-electron chi connectivity index (χ1n) is 6.74. The minimum Gasteiger partial charge on any atom is -0.377 e. The smallest absolute Gasteiger partial charge is 0.0702 e. The predicted octanol–water partition coefficient (Wildman–Crippen LogP) is 1.61. The molecule has 0 aromatic rings. The number of hydrogen-bond donors (Lipinski definition) is 1. The molecule has 2 atom stereocenters. The molecule has 1 aliphatic heterocycles. The van der Waals surface area contributed by atoms with Gasteiger partial charge in [0.05, 0.1) is 6.10 Å². The van der Waals surface area contributed by atoms with Crippen molar-refractivity contribution in [2.75, 3.05) is 26.2 Å². The zero-order valence-corrected chi connectivity index (χ0v) is 10.7. The van der Waals surface area contributed by atoms with E-state index in [4.69, 9.17) is 10.5 Å². The summed E-state index contributed by atoms with van der Waals surface area (Å²) < 4.78 is 5.72. The molecule has 0 amide bonds. The second kappa shape index (κ2) is 5.03. The van der Waals surface area contributed by atoms with Crippen LogP contribution >= 0.6 is 0 Å². The fraction of sp³-hybridized carbons (Fsp3) is 1.00. The van der Waals surface area contributed by atoms with Gasteiger partial charge in [-0.15, -0.1) is 0 Å². The third-order valence-corrected chi connectivity index (χ3v) is 3.94. The summed E-state index contributed by atoms with van der Waals surface area (Å²) in [5.41, 5.74) is 6.41. The van der Waals surface area contributed by atoms with E-state index in [9.17, 15) is 0 Å². The minimum atomic E-state index is 0.0219. The third-order valence-electron chi connectivity index (χ3n) is 3.94. The first kappa shape index (κ1) is 12.3. The molecule has 2 unspecified atom stereocenters. The minimum absolute atomic E-state index is 0.0219. The maximum absolute atomic E-state index is 6.39. The Hall–Kier alpha value is -0.120. The Morgan fingerprint density at radius 2 is 2.12 bits per heavy atom. The average molecular weight is 226 g/mol. The van der Waals surface area contributed by atoms with E-state index in [0.29, 0.717) is 6.10 Å². The molecule has 94 valence electrons. The van der Waals surface area contributed by atoms with E-state index in [1.165, 1.54) is 32.2 Å². The largest absolute Gasteiger partial charge is 0.377 e. The van der Waals surface area contributed by atoms with Crippen molar-refractivity contribution in [2.24, 2.45) is 11.7 Å². The zero-order valence-electron chi connectivity index (χ0n) is 10.7. The zero-order chi connectivity index (χ0) is 11.6. The lowest BCUT2D eigenvalue weighted by Crippen LogP contribution is -2.53. The lowest BCUT2D eigenvalue weighted by molar-refractivity contribution is -0.000184. The third kappa shape index (κ3) is 3.19. The van der Waals surface area contributed by atoms with Crippen LogP contribution in [0.2, 0.25) is 0 Å². The summed E-state index contributed by atoms with van der Waals surface area (Å²) in [5.74, 6) is 0.764. The van der Waals surface area contributed by atoms with E-state index in [2.05, 4.69) is 18.7 Å². The van der Waals surface area contributed by atoms with Crippen molar-refractivity contribution >= 4 is 0 Å². The monoisotopic (exact) mass is 226 g/mol. The fourth-order valence-electron chi connectivity index (χ4n) is 2.88. The van der Waals surface area contributed by atoms with Gasteiger partial charge >= 0.3 is 0 Å². The first-order chi connectivity index (χ1) is 7.62. The molecule has 16 heavy (non-hydrogen) atoms. The van der Waals surface area contributed by atoms with Crippen LogP contribution < -0.4 is 5.73 Å². The van der Waals surface area contributed by atoms with Crippen LogP contribution in [0.5, 0.6) is 0 Å². The van der Waals surface area contributed by atoms with Gasteiger partial charge in [0.2, 0.25) is 0 Å². The van der Waals surface area contributed by atoms with Gasteiger partial charge in [-0.05, 0) is 52.0 Å². The topological polar surface area (TPSA) is 38.5 Å². The van der Waals surface area contributed by atoms with Crippen LogP contribution in [0.4, 0.5) is 0 Å². The SMILES string of the molecule is CCOC1CCCN(CC(C)(N)C2CC2)C1. The summed E-state index contributed by atoms with van der Waals surface area (Å²) in [4.78, 5) is 2.50. The average Bonchev–Trinajstić information content (AvgIpc) is 3.01. The van der Waals surface area contributed by atoms with Crippen LogP contribution in [0.25, 0.3) is 0 Å². The Morgan fingerprint density at radius 1 is 1.38 bits per heavy atom. The van der Waals surface area contributed by atoms with Crippen molar-refractivity contribution in [3.63, 3.8) is 0 Å². The normalized spacial score (nSPS) is 31.3. The predicted molar refractivity (Wildman–Crippen MR) is 66.4 cm³/mol. The number of piperidine rings is 1. The molecular weight excluding hydrogens is 200 g/mol. The Labute approximate surface area is 99.3 Å². The molecule has 1 saturated heterocycles. The molecule has 0 radical (unpaired) electrons. The van der Waals surface area contributed by atoms with E-state index in [1.807, 2.05) is 0 Å². The van der Waals surface area contributed by atoms with Crippen LogP contribution in [-0.4, -0.2) is 42.8 Å².